The molecule has 0 bridgehead atoms. The molecule has 29 heavy (non-hydrogen) atoms. The summed E-state index contributed by atoms with van der Waals surface area (Å²) in [5.41, 5.74) is 2.57. The molecule has 0 radical (unpaired) electrons. The predicted octanol–water partition coefficient (Wildman–Crippen LogP) is 4.44. The summed E-state index contributed by atoms with van der Waals surface area (Å²) < 4.78 is 5.69. The van der Waals surface area contributed by atoms with E-state index in [1.165, 1.54) is 6.42 Å². The van der Waals surface area contributed by atoms with Gasteiger partial charge in [-0.1, -0.05) is 17.7 Å². The Kier molecular flexibility index (Phi) is 6.57. The predicted molar refractivity (Wildman–Crippen MR) is 115 cm³/mol. The Hall–Kier alpha value is -2.82. The number of nitrogens with zero attached hydrogens (tertiary/aromatic N) is 2. The molecule has 154 valence electrons. The summed E-state index contributed by atoms with van der Waals surface area (Å²) in [5, 5.41) is 0. The van der Waals surface area contributed by atoms with Crippen LogP contribution in [0.15, 0.2) is 48.5 Å². The second kappa shape index (κ2) is 9.12. The topological polar surface area (TPSA) is 49.9 Å². The zero-order valence-electron chi connectivity index (χ0n) is 17.7. The van der Waals surface area contributed by atoms with Gasteiger partial charge in [0.15, 0.2) is 6.61 Å². The molecule has 2 aromatic carbocycles. The van der Waals surface area contributed by atoms with Crippen LogP contribution in [0, 0.1) is 6.92 Å². The lowest BCUT2D eigenvalue weighted by molar-refractivity contribution is -0.139. The third-order valence-corrected chi connectivity index (χ3v) is 5.67. The number of amides is 2. The average Bonchev–Trinajstić information content (AvgIpc) is 2.72. The van der Waals surface area contributed by atoms with Crippen LogP contribution in [0.1, 0.15) is 49.0 Å². The average molecular weight is 395 g/mol. The van der Waals surface area contributed by atoms with Gasteiger partial charge < -0.3 is 14.5 Å². The minimum absolute atomic E-state index is 0.0176. The van der Waals surface area contributed by atoms with E-state index in [-0.39, 0.29) is 30.5 Å². The van der Waals surface area contributed by atoms with Crippen molar-refractivity contribution in [2.75, 3.05) is 18.6 Å². The van der Waals surface area contributed by atoms with Crippen molar-refractivity contribution in [1.82, 2.24) is 4.90 Å². The number of ether oxygens (including phenoxy) is 1. The number of rotatable bonds is 5. The van der Waals surface area contributed by atoms with E-state index in [0.717, 1.165) is 24.1 Å². The molecule has 0 saturated carbocycles. The molecule has 0 unspecified atom stereocenters. The van der Waals surface area contributed by atoms with Gasteiger partial charge in [0.05, 0.1) is 0 Å². The van der Waals surface area contributed by atoms with Crippen molar-refractivity contribution in [1.29, 1.82) is 0 Å². The summed E-state index contributed by atoms with van der Waals surface area (Å²) in [5.74, 6) is 0.515. The van der Waals surface area contributed by atoms with Crippen LogP contribution in [0.2, 0.25) is 0 Å². The number of aryl methyl sites for hydroxylation is 1. The fourth-order valence-corrected chi connectivity index (χ4v) is 3.91. The third kappa shape index (κ3) is 4.97. The summed E-state index contributed by atoms with van der Waals surface area (Å²) in [6.45, 7) is 6.23. The molecular formula is C24H30N2O3. The maximum Gasteiger partial charge on any atom is 0.260 e. The monoisotopic (exact) mass is 394 g/mol. The Morgan fingerprint density at radius 1 is 1.00 bits per heavy atom. The number of carbonyl (C=O) groups excluding carboxylic acids is 2. The SMILES string of the molecule is Cc1ccc(N(C)C(=O)c2ccc(OCC(=O)N3[C@H](C)CCC[C@@H]3C)cc2)cc1. The Labute approximate surface area is 173 Å². The fourth-order valence-electron chi connectivity index (χ4n) is 3.91. The largest absolute Gasteiger partial charge is 0.484 e. The molecule has 0 aliphatic carbocycles. The first-order valence-corrected chi connectivity index (χ1v) is 10.3. The molecule has 1 fully saturated rings. The molecule has 1 aliphatic rings. The van der Waals surface area contributed by atoms with E-state index in [0.29, 0.717) is 11.3 Å². The quantitative estimate of drug-likeness (QED) is 0.753. The Bertz CT molecular complexity index is 835. The van der Waals surface area contributed by atoms with Crippen LogP contribution < -0.4 is 9.64 Å². The highest BCUT2D eigenvalue weighted by Crippen LogP contribution is 2.23. The first-order valence-electron chi connectivity index (χ1n) is 10.3. The van der Waals surface area contributed by atoms with E-state index in [2.05, 4.69) is 13.8 Å². The van der Waals surface area contributed by atoms with Gasteiger partial charge in [-0.05, 0) is 76.4 Å². The summed E-state index contributed by atoms with van der Waals surface area (Å²) >= 11 is 0. The third-order valence-electron chi connectivity index (χ3n) is 5.67. The second-order valence-electron chi connectivity index (χ2n) is 7.94. The molecule has 2 amide bonds. The van der Waals surface area contributed by atoms with E-state index >= 15 is 0 Å². The van der Waals surface area contributed by atoms with Gasteiger partial charge >= 0.3 is 0 Å². The Balaban J connectivity index is 1.59. The molecule has 3 rings (SSSR count). The van der Waals surface area contributed by atoms with Crippen molar-refractivity contribution in [3.8, 4) is 5.75 Å². The molecule has 0 aromatic heterocycles. The number of likely N-dealkylation sites (tertiary alicyclic amines) is 1. The summed E-state index contributed by atoms with van der Waals surface area (Å²) in [6, 6.07) is 15.3. The molecule has 2 aromatic rings. The highest BCUT2D eigenvalue weighted by atomic mass is 16.5. The minimum Gasteiger partial charge on any atom is -0.484 e. The number of piperidine rings is 1. The van der Waals surface area contributed by atoms with Crippen molar-refractivity contribution in [3.05, 3.63) is 59.7 Å². The highest BCUT2D eigenvalue weighted by Gasteiger charge is 2.29. The first kappa shape index (κ1) is 20.9. The molecule has 2 atom stereocenters. The van der Waals surface area contributed by atoms with Crippen LogP contribution in [0.4, 0.5) is 5.69 Å². The van der Waals surface area contributed by atoms with Gasteiger partial charge in [0.25, 0.3) is 11.8 Å². The van der Waals surface area contributed by atoms with Crippen molar-refractivity contribution < 1.29 is 14.3 Å². The maximum atomic E-state index is 12.7. The van der Waals surface area contributed by atoms with E-state index in [9.17, 15) is 9.59 Å². The number of hydrogen-bond acceptors (Lipinski definition) is 3. The van der Waals surface area contributed by atoms with Crippen molar-refractivity contribution in [3.63, 3.8) is 0 Å². The maximum absolute atomic E-state index is 12.7. The lowest BCUT2D eigenvalue weighted by Gasteiger charge is -2.38. The van der Waals surface area contributed by atoms with Gasteiger partial charge in [-0.25, -0.2) is 0 Å². The molecule has 5 nitrogen and oxygen atoms in total. The van der Waals surface area contributed by atoms with E-state index in [4.69, 9.17) is 4.74 Å². The molecular weight excluding hydrogens is 364 g/mol. The lowest BCUT2D eigenvalue weighted by atomic mass is 9.97. The zero-order valence-corrected chi connectivity index (χ0v) is 17.7. The van der Waals surface area contributed by atoms with Crippen LogP contribution in [0.25, 0.3) is 0 Å². The van der Waals surface area contributed by atoms with Crippen LogP contribution >= 0.6 is 0 Å². The Morgan fingerprint density at radius 3 is 2.17 bits per heavy atom. The fraction of sp³-hybridized carbons (Fsp3) is 0.417. The molecule has 0 spiro atoms. The van der Waals surface area contributed by atoms with Crippen LogP contribution in [-0.4, -0.2) is 42.5 Å². The number of hydrogen-bond donors (Lipinski definition) is 0. The zero-order chi connectivity index (χ0) is 21.0. The van der Waals surface area contributed by atoms with E-state index < -0.39 is 0 Å². The minimum atomic E-state index is -0.0903. The number of benzene rings is 2. The van der Waals surface area contributed by atoms with Gasteiger partial charge in [0.2, 0.25) is 0 Å². The molecule has 1 saturated heterocycles. The van der Waals surface area contributed by atoms with Crippen molar-refractivity contribution in [2.45, 2.75) is 52.1 Å². The molecule has 1 aliphatic heterocycles. The number of anilines is 1. The second-order valence-corrected chi connectivity index (χ2v) is 7.94. The van der Waals surface area contributed by atoms with Gasteiger partial charge in [0.1, 0.15) is 5.75 Å². The summed E-state index contributed by atoms with van der Waals surface area (Å²) in [4.78, 5) is 28.9. The van der Waals surface area contributed by atoms with Crippen LogP contribution in [0.5, 0.6) is 5.75 Å². The lowest BCUT2D eigenvalue weighted by Crippen LogP contribution is -2.49. The Morgan fingerprint density at radius 2 is 1.59 bits per heavy atom. The van der Waals surface area contributed by atoms with Crippen LogP contribution in [-0.2, 0) is 4.79 Å². The van der Waals surface area contributed by atoms with E-state index in [1.54, 1.807) is 36.2 Å². The highest BCUT2D eigenvalue weighted by molar-refractivity contribution is 6.05. The van der Waals surface area contributed by atoms with Crippen molar-refractivity contribution >= 4 is 17.5 Å². The van der Waals surface area contributed by atoms with Gasteiger partial charge in [-0.2, -0.15) is 0 Å². The first-order chi connectivity index (χ1) is 13.9. The van der Waals surface area contributed by atoms with Gasteiger partial charge in [-0.15, -0.1) is 0 Å². The van der Waals surface area contributed by atoms with Crippen LogP contribution in [0.3, 0.4) is 0 Å². The molecule has 5 heteroatoms. The molecule has 1 heterocycles. The molecule has 0 N–H and O–H groups in total. The van der Waals surface area contributed by atoms with E-state index in [1.807, 2.05) is 36.1 Å². The standard InChI is InChI=1S/C24H30N2O3/c1-17-8-12-21(13-9-17)25(4)24(28)20-10-14-22(15-11-20)29-16-23(27)26-18(2)6-5-7-19(26)3/h8-15,18-19H,5-7,16H2,1-4H3/t18-,19+. The summed E-state index contributed by atoms with van der Waals surface area (Å²) in [6.07, 6.45) is 3.25. The smallest absolute Gasteiger partial charge is 0.260 e. The van der Waals surface area contributed by atoms with Gasteiger partial charge in [0, 0.05) is 30.4 Å². The normalized spacial score (nSPS) is 19.0. The summed E-state index contributed by atoms with van der Waals surface area (Å²) in [7, 11) is 1.76. The number of carbonyl (C=O) groups is 2. The van der Waals surface area contributed by atoms with Gasteiger partial charge in [-0.3, -0.25) is 9.59 Å². The van der Waals surface area contributed by atoms with Crippen molar-refractivity contribution in [2.24, 2.45) is 0 Å².